The summed E-state index contributed by atoms with van der Waals surface area (Å²) < 4.78 is 4.32. The van der Waals surface area contributed by atoms with E-state index in [0.717, 1.165) is 0 Å². The molecule has 0 atom stereocenters. The zero-order valence-corrected chi connectivity index (χ0v) is 6.10. The molecule has 0 aromatic carbocycles. The highest BCUT2D eigenvalue weighted by Gasteiger charge is 2.01. The molecule has 0 aliphatic rings. The van der Waals surface area contributed by atoms with Crippen LogP contribution in [0.2, 0.25) is 0 Å². The lowest BCUT2D eigenvalue weighted by molar-refractivity contribution is 0.144. The molecule has 0 saturated carbocycles. The van der Waals surface area contributed by atoms with Gasteiger partial charge in [-0.1, -0.05) is 0 Å². The van der Waals surface area contributed by atoms with Gasteiger partial charge in [-0.05, 0) is 6.07 Å². The summed E-state index contributed by atoms with van der Waals surface area (Å²) in [5.74, 6) is 0.154. The highest BCUT2D eigenvalue weighted by atomic mass is 16.7. The maximum absolute atomic E-state index is 10.1. The van der Waals surface area contributed by atoms with Crippen molar-refractivity contribution in [3.05, 3.63) is 24.0 Å². The number of hydrogen-bond acceptors (Lipinski definition) is 4. The highest BCUT2D eigenvalue weighted by molar-refractivity contribution is 5.60. The van der Waals surface area contributed by atoms with Gasteiger partial charge in [0.2, 0.25) is 0 Å². The maximum Gasteiger partial charge on any atom is 0.511 e. The molecule has 1 aromatic heterocycles. The number of nitrogens with zero attached hydrogens (tertiary/aromatic N) is 1. The number of aliphatic hydroxyl groups excluding tert-OH is 1. The fraction of sp³-hybridized carbons (Fsp3) is 0.143. The van der Waals surface area contributed by atoms with Gasteiger partial charge in [0.25, 0.3) is 0 Å². The summed E-state index contributed by atoms with van der Waals surface area (Å²) in [4.78, 5) is 13.8. The number of rotatable bonds is 2. The number of aromatic nitrogens is 1. The molecule has 0 aliphatic carbocycles. The van der Waals surface area contributed by atoms with Gasteiger partial charge in [0.05, 0.1) is 12.3 Å². The summed E-state index contributed by atoms with van der Waals surface area (Å²) in [5.41, 5.74) is 0.369. The zero-order chi connectivity index (χ0) is 8.97. The van der Waals surface area contributed by atoms with Gasteiger partial charge in [-0.25, -0.2) is 4.79 Å². The molecule has 5 nitrogen and oxygen atoms in total. The van der Waals surface area contributed by atoms with Crippen molar-refractivity contribution in [3.63, 3.8) is 0 Å². The van der Waals surface area contributed by atoms with Crippen molar-refractivity contribution in [2.75, 3.05) is 0 Å². The number of ether oxygens (including phenoxy) is 1. The predicted molar refractivity (Wildman–Crippen MR) is 38.8 cm³/mol. The van der Waals surface area contributed by atoms with Gasteiger partial charge in [0, 0.05) is 12.3 Å². The summed E-state index contributed by atoms with van der Waals surface area (Å²) >= 11 is 0. The van der Waals surface area contributed by atoms with E-state index in [2.05, 4.69) is 9.72 Å². The van der Waals surface area contributed by atoms with Crippen molar-refractivity contribution < 1.29 is 19.7 Å². The number of pyridine rings is 1. The first kappa shape index (κ1) is 8.48. The Morgan fingerprint density at radius 1 is 1.67 bits per heavy atom. The van der Waals surface area contributed by atoms with Gasteiger partial charge >= 0.3 is 6.16 Å². The van der Waals surface area contributed by atoms with Crippen LogP contribution in [0.4, 0.5) is 4.79 Å². The Morgan fingerprint density at radius 3 is 3.00 bits per heavy atom. The number of carboxylic acid groups (broad SMARTS) is 1. The molecule has 0 saturated heterocycles. The molecule has 2 N–H and O–H groups in total. The number of aliphatic hydroxyl groups is 1. The molecule has 1 heterocycles. The highest BCUT2D eigenvalue weighted by Crippen LogP contribution is 2.10. The van der Waals surface area contributed by atoms with Crippen LogP contribution in [0.25, 0.3) is 0 Å². The van der Waals surface area contributed by atoms with Crippen LogP contribution in [0.1, 0.15) is 5.69 Å². The summed E-state index contributed by atoms with van der Waals surface area (Å²) in [6, 6.07) is 2.75. The van der Waals surface area contributed by atoms with Crippen LogP contribution in [0, 0.1) is 0 Å². The maximum atomic E-state index is 10.1. The van der Waals surface area contributed by atoms with Crippen molar-refractivity contribution in [3.8, 4) is 5.75 Å². The predicted octanol–water partition coefficient (Wildman–Crippen LogP) is 0.631. The van der Waals surface area contributed by atoms with E-state index in [-0.39, 0.29) is 12.4 Å². The molecule has 0 spiro atoms. The van der Waals surface area contributed by atoms with Gasteiger partial charge in [-0.2, -0.15) is 0 Å². The molecule has 0 amide bonds. The lowest BCUT2D eigenvalue weighted by atomic mass is 10.3. The second kappa shape index (κ2) is 3.68. The van der Waals surface area contributed by atoms with E-state index in [1.54, 1.807) is 0 Å². The number of carbonyl (C=O) groups is 1. The Bertz CT molecular complexity index is 286. The van der Waals surface area contributed by atoms with E-state index < -0.39 is 6.16 Å². The summed E-state index contributed by atoms with van der Waals surface area (Å²) in [5, 5.41) is 16.9. The van der Waals surface area contributed by atoms with E-state index in [4.69, 9.17) is 10.2 Å². The number of hydrogen-bond donors (Lipinski definition) is 2. The molecule has 0 fully saturated rings. The Labute approximate surface area is 68.2 Å². The third-order valence-corrected chi connectivity index (χ3v) is 1.16. The molecule has 0 aliphatic heterocycles. The van der Waals surface area contributed by atoms with Crippen LogP contribution in [0.15, 0.2) is 18.3 Å². The molecule has 64 valence electrons. The van der Waals surface area contributed by atoms with E-state index in [1.165, 1.54) is 18.3 Å². The monoisotopic (exact) mass is 169 g/mol. The van der Waals surface area contributed by atoms with E-state index in [9.17, 15) is 4.79 Å². The molecular weight excluding hydrogens is 162 g/mol. The topological polar surface area (TPSA) is 79.7 Å². The molecular formula is C7H7NO4. The van der Waals surface area contributed by atoms with Crippen molar-refractivity contribution in [2.24, 2.45) is 0 Å². The lowest BCUT2D eigenvalue weighted by Gasteiger charge is -1.99. The second-order valence-corrected chi connectivity index (χ2v) is 2.01. The quantitative estimate of drug-likeness (QED) is 0.634. The normalized spacial score (nSPS) is 9.42. The van der Waals surface area contributed by atoms with Crippen molar-refractivity contribution >= 4 is 6.16 Å². The van der Waals surface area contributed by atoms with Crippen molar-refractivity contribution in [2.45, 2.75) is 6.61 Å². The molecule has 12 heavy (non-hydrogen) atoms. The Kier molecular flexibility index (Phi) is 2.60. The fourth-order valence-corrected chi connectivity index (χ4v) is 0.707. The lowest BCUT2D eigenvalue weighted by Crippen LogP contribution is -2.03. The van der Waals surface area contributed by atoms with E-state index in [0.29, 0.717) is 5.69 Å². The minimum absolute atomic E-state index is 0.154. The Hall–Kier alpha value is -1.62. The molecule has 5 heteroatoms. The smallest absolute Gasteiger partial charge is 0.449 e. The van der Waals surface area contributed by atoms with Crippen LogP contribution < -0.4 is 4.74 Å². The van der Waals surface area contributed by atoms with Crippen LogP contribution in [0.3, 0.4) is 0 Å². The molecule has 0 radical (unpaired) electrons. The average Bonchev–Trinajstić information content (AvgIpc) is 2.03. The first-order valence-corrected chi connectivity index (χ1v) is 3.19. The van der Waals surface area contributed by atoms with Gasteiger partial charge < -0.3 is 14.9 Å². The van der Waals surface area contributed by atoms with Crippen LogP contribution >= 0.6 is 0 Å². The second-order valence-electron chi connectivity index (χ2n) is 2.01. The largest absolute Gasteiger partial charge is 0.511 e. The summed E-state index contributed by atoms with van der Waals surface area (Å²) in [6.07, 6.45) is -0.0193. The van der Waals surface area contributed by atoms with Gasteiger partial charge in [0.1, 0.15) is 5.75 Å². The Morgan fingerprint density at radius 2 is 2.42 bits per heavy atom. The van der Waals surface area contributed by atoms with Crippen LogP contribution in [0.5, 0.6) is 5.75 Å². The van der Waals surface area contributed by atoms with Gasteiger partial charge in [-0.3, -0.25) is 4.98 Å². The first-order chi connectivity index (χ1) is 5.72. The minimum atomic E-state index is -1.38. The fourth-order valence-electron chi connectivity index (χ4n) is 0.707. The van der Waals surface area contributed by atoms with Crippen molar-refractivity contribution in [1.82, 2.24) is 4.98 Å². The zero-order valence-electron chi connectivity index (χ0n) is 6.10. The Balaban J connectivity index is 2.79. The van der Waals surface area contributed by atoms with Crippen LogP contribution in [-0.2, 0) is 6.61 Å². The molecule has 0 unspecified atom stereocenters. The van der Waals surface area contributed by atoms with E-state index in [1.807, 2.05) is 0 Å². The SMILES string of the molecule is O=C(O)Oc1ccnc(CO)c1. The van der Waals surface area contributed by atoms with E-state index >= 15 is 0 Å². The minimum Gasteiger partial charge on any atom is -0.449 e. The van der Waals surface area contributed by atoms with Gasteiger partial charge in [-0.15, -0.1) is 0 Å². The van der Waals surface area contributed by atoms with Crippen LogP contribution in [-0.4, -0.2) is 21.4 Å². The molecule has 1 aromatic rings. The molecule has 1 rings (SSSR count). The first-order valence-electron chi connectivity index (χ1n) is 3.19. The van der Waals surface area contributed by atoms with Gasteiger partial charge in [0.15, 0.2) is 0 Å². The average molecular weight is 169 g/mol. The molecule has 0 bridgehead atoms. The third kappa shape index (κ3) is 2.21. The summed E-state index contributed by atoms with van der Waals surface area (Å²) in [7, 11) is 0. The summed E-state index contributed by atoms with van der Waals surface area (Å²) in [6.45, 7) is -0.239. The standard InChI is InChI=1S/C7H7NO4/c9-4-5-3-6(1-2-8-5)12-7(10)11/h1-3,9H,4H2,(H,10,11). The third-order valence-electron chi connectivity index (χ3n) is 1.16. The van der Waals surface area contributed by atoms with Crippen molar-refractivity contribution in [1.29, 1.82) is 0 Å².